The molecule has 2 aliphatic rings. The van der Waals surface area contributed by atoms with Crippen LogP contribution in [0.15, 0.2) is 53.4 Å². The molecule has 0 radical (unpaired) electrons. The Morgan fingerprint density at radius 2 is 1.76 bits per heavy atom. The van der Waals surface area contributed by atoms with E-state index in [4.69, 9.17) is 16.3 Å². The fourth-order valence-corrected chi connectivity index (χ4v) is 7.33. The van der Waals surface area contributed by atoms with Crippen molar-refractivity contribution >= 4 is 27.3 Å². The van der Waals surface area contributed by atoms with Crippen molar-refractivity contribution in [3.8, 4) is 5.75 Å². The lowest BCUT2D eigenvalue weighted by Crippen LogP contribution is -2.52. The number of halogens is 1. The molecule has 1 unspecified atom stereocenters. The van der Waals surface area contributed by atoms with Crippen LogP contribution < -0.4 is 10.1 Å². The zero-order valence-corrected chi connectivity index (χ0v) is 20.5. The molecule has 0 bridgehead atoms. The molecule has 1 heterocycles. The Balaban J connectivity index is 1.59. The van der Waals surface area contributed by atoms with Gasteiger partial charge in [0.2, 0.25) is 5.91 Å². The van der Waals surface area contributed by atoms with Crippen LogP contribution >= 0.6 is 11.6 Å². The summed E-state index contributed by atoms with van der Waals surface area (Å²) in [5.41, 5.74) is 1.05. The molecule has 1 N–H and O–H groups in total. The second-order valence-electron chi connectivity index (χ2n) is 8.90. The summed E-state index contributed by atoms with van der Waals surface area (Å²) in [6.07, 6.45) is 4.32. The highest BCUT2D eigenvalue weighted by Crippen LogP contribution is 2.41. The van der Waals surface area contributed by atoms with Gasteiger partial charge in [-0.2, -0.15) is 0 Å². The van der Waals surface area contributed by atoms with Crippen molar-refractivity contribution in [1.82, 2.24) is 10.2 Å². The molecular weight excluding hydrogens is 460 g/mol. The van der Waals surface area contributed by atoms with E-state index in [0.717, 1.165) is 37.2 Å². The highest BCUT2D eigenvalue weighted by atomic mass is 35.5. The van der Waals surface area contributed by atoms with Crippen LogP contribution in [-0.2, 0) is 14.6 Å². The third-order valence-corrected chi connectivity index (χ3v) is 9.75. The Labute approximate surface area is 201 Å². The Bertz CT molecular complexity index is 1080. The molecule has 33 heavy (non-hydrogen) atoms. The number of amides is 1. The average molecular weight is 491 g/mol. The van der Waals surface area contributed by atoms with Crippen molar-refractivity contribution in [2.45, 2.75) is 54.2 Å². The molecule has 0 aromatic heterocycles. The maximum atomic E-state index is 13.6. The molecule has 1 aliphatic heterocycles. The summed E-state index contributed by atoms with van der Waals surface area (Å²) in [6, 6.07) is 13.9. The summed E-state index contributed by atoms with van der Waals surface area (Å²) < 4.78 is 31.2. The van der Waals surface area contributed by atoms with Gasteiger partial charge in [-0.3, -0.25) is 9.69 Å². The molecule has 6 nitrogen and oxygen atoms in total. The highest BCUT2D eigenvalue weighted by molar-refractivity contribution is 7.93. The summed E-state index contributed by atoms with van der Waals surface area (Å²) in [7, 11) is -2.23. The molecule has 2 aromatic rings. The van der Waals surface area contributed by atoms with Crippen LogP contribution in [0.25, 0.3) is 0 Å². The lowest BCUT2D eigenvalue weighted by atomic mass is 10.0. The van der Waals surface area contributed by atoms with E-state index in [1.165, 1.54) is 12.1 Å². The number of carbonyl (C=O) groups excluding carboxylic acids is 1. The lowest BCUT2D eigenvalue weighted by molar-refractivity contribution is -0.123. The van der Waals surface area contributed by atoms with Crippen LogP contribution in [0.3, 0.4) is 0 Å². The number of nitrogens with zero attached hydrogens (tertiary/aromatic N) is 1. The van der Waals surface area contributed by atoms with E-state index in [-0.39, 0.29) is 10.9 Å². The van der Waals surface area contributed by atoms with Gasteiger partial charge in [-0.1, -0.05) is 36.6 Å². The summed E-state index contributed by atoms with van der Waals surface area (Å²) in [5, 5.41) is 3.50. The smallest absolute Gasteiger partial charge is 0.241 e. The van der Waals surface area contributed by atoms with Crippen molar-refractivity contribution in [2.75, 3.05) is 26.7 Å². The summed E-state index contributed by atoms with van der Waals surface area (Å²) >= 11 is 5.96. The molecule has 1 saturated carbocycles. The normalized spacial score (nSPS) is 19.3. The van der Waals surface area contributed by atoms with E-state index in [9.17, 15) is 13.2 Å². The average Bonchev–Trinajstić information content (AvgIpc) is 3.53. The second kappa shape index (κ2) is 10.0. The van der Waals surface area contributed by atoms with Crippen molar-refractivity contribution in [3.05, 3.63) is 59.1 Å². The van der Waals surface area contributed by atoms with Gasteiger partial charge >= 0.3 is 0 Å². The number of carbonyl (C=O) groups is 1. The van der Waals surface area contributed by atoms with Crippen molar-refractivity contribution < 1.29 is 17.9 Å². The van der Waals surface area contributed by atoms with Crippen molar-refractivity contribution in [1.29, 1.82) is 0 Å². The summed E-state index contributed by atoms with van der Waals surface area (Å²) in [6.45, 7) is 2.25. The van der Waals surface area contributed by atoms with E-state index in [1.54, 1.807) is 19.2 Å². The van der Waals surface area contributed by atoms with Gasteiger partial charge in [0.15, 0.2) is 14.6 Å². The first kappa shape index (κ1) is 24.0. The topological polar surface area (TPSA) is 75.7 Å². The van der Waals surface area contributed by atoms with Crippen molar-refractivity contribution in [3.63, 3.8) is 0 Å². The van der Waals surface area contributed by atoms with Gasteiger partial charge in [0, 0.05) is 11.6 Å². The lowest BCUT2D eigenvalue weighted by Gasteiger charge is -2.32. The van der Waals surface area contributed by atoms with Crippen LogP contribution in [-0.4, -0.2) is 50.7 Å². The van der Waals surface area contributed by atoms with Gasteiger partial charge in [-0.05, 0) is 80.7 Å². The molecule has 1 amide bonds. The molecule has 0 spiro atoms. The SMILES string of the molecule is COc1cccc(C(CNC(=O)C2(S(=O)(=O)c3ccc(Cl)cc3)CCCC2)N2CCCC2)c1. The van der Waals surface area contributed by atoms with E-state index in [0.29, 0.717) is 37.3 Å². The standard InChI is InChI=1S/C25H31ClN2O4S/c1-32-21-8-6-7-19(17-21)23(28-15-4-5-16-28)18-27-24(29)25(13-2-3-14-25)33(30,31)22-11-9-20(26)10-12-22/h6-12,17,23H,2-5,13-16,18H2,1H3,(H,27,29). The Hall–Kier alpha value is -2.09. The summed E-state index contributed by atoms with van der Waals surface area (Å²) in [4.78, 5) is 16.1. The van der Waals surface area contributed by atoms with E-state index < -0.39 is 20.5 Å². The molecule has 1 aliphatic carbocycles. The van der Waals surface area contributed by atoms with Crippen LogP contribution in [0, 0.1) is 0 Å². The monoisotopic (exact) mass is 490 g/mol. The minimum atomic E-state index is -3.86. The number of likely N-dealkylation sites (tertiary alicyclic amines) is 1. The zero-order chi connectivity index (χ0) is 23.5. The molecule has 2 aromatic carbocycles. The fourth-order valence-electron chi connectivity index (χ4n) is 5.11. The van der Waals surface area contributed by atoms with E-state index in [1.807, 2.05) is 24.3 Å². The van der Waals surface area contributed by atoms with Crippen molar-refractivity contribution in [2.24, 2.45) is 0 Å². The molecule has 178 valence electrons. The number of sulfone groups is 1. The van der Waals surface area contributed by atoms with Crippen LogP contribution in [0.5, 0.6) is 5.75 Å². The second-order valence-corrected chi connectivity index (χ2v) is 11.6. The predicted molar refractivity (Wildman–Crippen MR) is 129 cm³/mol. The Morgan fingerprint density at radius 3 is 2.39 bits per heavy atom. The number of ether oxygens (including phenoxy) is 1. The highest BCUT2D eigenvalue weighted by Gasteiger charge is 2.53. The van der Waals surface area contributed by atoms with Gasteiger partial charge in [0.1, 0.15) is 5.75 Å². The number of benzene rings is 2. The molecule has 4 rings (SSSR count). The number of hydrogen-bond donors (Lipinski definition) is 1. The Kier molecular flexibility index (Phi) is 7.31. The molecular formula is C25H31ClN2O4S. The molecule has 1 atom stereocenters. The maximum Gasteiger partial charge on any atom is 0.241 e. The third kappa shape index (κ3) is 4.77. The van der Waals surface area contributed by atoms with Crippen LogP contribution in [0.2, 0.25) is 5.02 Å². The quantitative estimate of drug-likeness (QED) is 0.594. The Morgan fingerprint density at radius 1 is 1.09 bits per heavy atom. The first-order valence-corrected chi connectivity index (χ1v) is 13.4. The first-order chi connectivity index (χ1) is 15.9. The third-order valence-electron chi connectivity index (χ3n) is 6.98. The number of rotatable bonds is 8. The number of hydrogen-bond acceptors (Lipinski definition) is 5. The van der Waals surface area contributed by atoms with Gasteiger partial charge in [-0.25, -0.2) is 8.42 Å². The van der Waals surface area contributed by atoms with Crippen LogP contribution in [0.4, 0.5) is 0 Å². The van der Waals surface area contributed by atoms with Gasteiger partial charge in [-0.15, -0.1) is 0 Å². The molecule has 8 heteroatoms. The maximum absolute atomic E-state index is 13.6. The predicted octanol–water partition coefficient (Wildman–Crippen LogP) is 4.39. The van der Waals surface area contributed by atoms with E-state index >= 15 is 0 Å². The number of nitrogens with one attached hydrogen (secondary N) is 1. The minimum Gasteiger partial charge on any atom is -0.497 e. The first-order valence-electron chi connectivity index (χ1n) is 11.5. The van der Waals surface area contributed by atoms with Gasteiger partial charge < -0.3 is 10.1 Å². The van der Waals surface area contributed by atoms with Crippen LogP contribution in [0.1, 0.15) is 50.1 Å². The zero-order valence-electron chi connectivity index (χ0n) is 18.9. The summed E-state index contributed by atoms with van der Waals surface area (Å²) in [5.74, 6) is 0.364. The minimum absolute atomic E-state index is 0.0387. The molecule has 2 fully saturated rings. The molecule has 1 saturated heterocycles. The number of methoxy groups -OCH3 is 1. The van der Waals surface area contributed by atoms with Gasteiger partial charge in [0.05, 0.1) is 18.0 Å². The largest absolute Gasteiger partial charge is 0.497 e. The van der Waals surface area contributed by atoms with Gasteiger partial charge in [0.25, 0.3) is 0 Å². The fraction of sp³-hybridized carbons (Fsp3) is 0.480. The van der Waals surface area contributed by atoms with E-state index in [2.05, 4.69) is 10.2 Å².